The topological polar surface area (TPSA) is 54.9 Å². The molecule has 0 unspecified atom stereocenters. The van der Waals surface area contributed by atoms with Crippen LogP contribution in [0, 0.1) is 6.92 Å². The van der Waals surface area contributed by atoms with Crippen molar-refractivity contribution in [3.8, 4) is 5.75 Å². The number of carbonyl (C=O) groups is 1. The molecule has 1 amide bonds. The zero-order chi connectivity index (χ0) is 16.8. The predicted molar refractivity (Wildman–Crippen MR) is 95.7 cm³/mol. The third kappa shape index (κ3) is 5.08. The molecule has 1 atom stereocenters. The smallest absolute Gasteiger partial charge is 0.279 e. The van der Waals surface area contributed by atoms with Gasteiger partial charge in [-0.1, -0.05) is 12.1 Å². The lowest BCUT2D eigenvalue weighted by Gasteiger charge is -2.13. The monoisotopic (exact) mass is 377 g/mol. The van der Waals surface area contributed by atoms with Crippen LogP contribution in [0.25, 0.3) is 0 Å². The Labute approximate surface area is 145 Å². The summed E-state index contributed by atoms with van der Waals surface area (Å²) in [4.78, 5) is 12.1. The number of quaternary nitrogens is 1. The first-order chi connectivity index (χ1) is 11.0. The molecule has 0 aliphatic carbocycles. The van der Waals surface area contributed by atoms with Crippen molar-refractivity contribution in [1.29, 1.82) is 0 Å². The van der Waals surface area contributed by atoms with Gasteiger partial charge in [-0.2, -0.15) is 0 Å². The Morgan fingerprint density at radius 3 is 2.74 bits per heavy atom. The first-order valence-corrected chi connectivity index (χ1v) is 8.32. The van der Waals surface area contributed by atoms with Gasteiger partial charge >= 0.3 is 0 Å². The first-order valence-electron chi connectivity index (χ1n) is 7.53. The quantitative estimate of drug-likeness (QED) is 0.812. The number of hydrogen-bond donors (Lipinski definition) is 2. The van der Waals surface area contributed by atoms with Crippen LogP contribution in [0.5, 0.6) is 5.75 Å². The van der Waals surface area contributed by atoms with Crippen molar-refractivity contribution in [1.82, 2.24) is 0 Å². The summed E-state index contributed by atoms with van der Waals surface area (Å²) in [6.45, 7) is 4.46. The van der Waals surface area contributed by atoms with Crippen LogP contribution in [0.1, 0.15) is 24.1 Å². The maximum atomic E-state index is 12.1. The number of hydrogen-bond acceptors (Lipinski definition) is 2. The summed E-state index contributed by atoms with van der Waals surface area (Å²) in [5.41, 5.74) is 3.10. The Morgan fingerprint density at radius 1 is 1.30 bits per heavy atom. The Bertz CT molecular complexity index is 688. The summed E-state index contributed by atoms with van der Waals surface area (Å²) >= 11 is 3.49. The largest absolute Gasteiger partial charge is 0.496 e. The molecule has 0 saturated carbocycles. The summed E-state index contributed by atoms with van der Waals surface area (Å²) < 4.78 is 6.15. The molecule has 0 heterocycles. The van der Waals surface area contributed by atoms with E-state index in [0.29, 0.717) is 6.54 Å². The maximum absolute atomic E-state index is 12.1. The van der Waals surface area contributed by atoms with E-state index in [1.165, 1.54) is 0 Å². The van der Waals surface area contributed by atoms with Gasteiger partial charge in [0.25, 0.3) is 5.91 Å². The number of nitrogens with two attached hydrogens (primary N) is 1. The fourth-order valence-corrected chi connectivity index (χ4v) is 2.88. The zero-order valence-electron chi connectivity index (χ0n) is 13.6. The number of anilines is 1. The normalized spacial score (nSPS) is 11.8. The molecule has 2 aromatic rings. The van der Waals surface area contributed by atoms with Crippen LogP contribution in [-0.4, -0.2) is 19.6 Å². The Morgan fingerprint density at radius 2 is 2.09 bits per heavy atom. The van der Waals surface area contributed by atoms with Crippen molar-refractivity contribution >= 4 is 27.5 Å². The molecule has 122 valence electrons. The molecule has 0 saturated heterocycles. The van der Waals surface area contributed by atoms with Gasteiger partial charge in [0.05, 0.1) is 11.6 Å². The Kier molecular flexibility index (Phi) is 6.19. The number of amides is 1. The summed E-state index contributed by atoms with van der Waals surface area (Å²) in [7, 11) is 1.64. The number of rotatable bonds is 6. The van der Waals surface area contributed by atoms with E-state index in [-0.39, 0.29) is 11.9 Å². The van der Waals surface area contributed by atoms with Crippen molar-refractivity contribution in [2.75, 3.05) is 19.0 Å². The average Bonchev–Trinajstić information content (AvgIpc) is 2.52. The lowest BCUT2D eigenvalue weighted by atomic mass is 10.1. The summed E-state index contributed by atoms with van der Waals surface area (Å²) in [6, 6.07) is 14.0. The molecule has 0 aromatic heterocycles. The minimum absolute atomic E-state index is 0.00460. The predicted octanol–water partition coefficient (Wildman–Crippen LogP) is 3.03. The van der Waals surface area contributed by atoms with Crippen LogP contribution in [0.2, 0.25) is 0 Å². The van der Waals surface area contributed by atoms with Crippen LogP contribution >= 0.6 is 15.9 Å². The van der Waals surface area contributed by atoms with Crippen molar-refractivity contribution in [3.63, 3.8) is 0 Å². The van der Waals surface area contributed by atoms with Gasteiger partial charge in [-0.25, -0.2) is 0 Å². The zero-order valence-corrected chi connectivity index (χ0v) is 15.2. The van der Waals surface area contributed by atoms with Crippen molar-refractivity contribution < 1.29 is 14.8 Å². The van der Waals surface area contributed by atoms with Gasteiger partial charge in [0, 0.05) is 11.3 Å². The standard InChI is InChI=1S/C18H21BrN2O2/c1-12-5-4-6-15(9-12)21-18(22)11-20-13(2)14-7-8-17(23-3)16(19)10-14/h4-10,13,20H,11H2,1-3H3,(H,21,22)/p+1/t13-/m1/s1. The molecule has 3 N–H and O–H groups in total. The molecule has 5 heteroatoms. The summed E-state index contributed by atoms with van der Waals surface area (Å²) in [5.74, 6) is 0.799. The van der Waals surface area contributed by atoms with Gasteiger partial charge in [-0.05, 0) is 65.7 Å². The van der Waals surface area contributed by atoms with Crippen LogP contribution in [0.4, 0.5) is 5.69 Å². The lowest BCUT2D eigenvalue weighted by Crippen LogP contribution is -2.86. The number of nitrogens with one attached hydrogen (secondary N) is 1. The molecule has 0 aliphatic rings. The summed E-state index contributed by atoms with van der Waals surface area (Å²) in [6.07, 6.45) is 0. The first kappa shape index (κ1) is 17.5. The van der Waals surface area contributed by atoms with E-state index in [1.54, 1.807) is 7.11 Å². The fraction of sp³-hybridized carbons (Fsp3) is 0.278. The molecule has 2 rings (SSSR count). The van der Waals surface area contributed by atoms with E-state index in [2.05, 4.69) is 28.2 Å². The number of aryl methyl sites for hydroxylation is 1. The number of halogens is 1. The third-order valence-corrected chi connectivity index (χ3v) is 4.28. The highest BCUT2D eigenvalue weighted by Crippen LogP contribution is 2.27. The third-order valence-electron chi connectivity index (χ3n) is 3.66. The second kappa shape index (κ2) is 8.13. The Hall–Kier alpha value is -1.85. The number of ether oxygens (including phenoxy) is 1. The number of benzene rings is 2. The van der Waals surface area contributed by atoms with Crippen LogP contribution in [0.3, 0.4) is 0 Å². The highest BCUT2D eigenvalue weighted by atomic mass is 79.9. The molecule has 0 bridgehead atoms. The molecule has 0 fully saturated rings. The molecule has 4 nitrogen and oxygen atoms in total. The van der Waals surface area contributed by atoms with Gasteiger partial charge in [0.2, 0.25) is 0 Å². The van der Waals surface area contributed by atoms with Crippen molar-refractivity contribution in [2.45, 2.75) is 19.9 Å². The van der Waals surface area contributed by atoms with Gasteiger partial charge < -0.3 is 15.4 Å². The lowest BCUT2D eigenvalue weighted by molar-refractivity contribution is -0.682. The molecule has 0 radical (unpaired) electrons. The fourth-order valence-electron chi connectivity index (χ4n) is 2.32. The molecule has 0 aliphatic heterocycles. The van der Waals surface area contributed by atoms with Crippen LogP contribution < -0.4 is 15.4 Å². The van der Waals surface area contributed by atoms with Crippen molar-refractivity contribution in [3.05, 3.63) is 58.1 Å². The summed E-state index contributed by atoms with van der Waals surface area (Å²) in [5, 5.41) is 4.93. The minimum atomic E-state index is -0.00460. The Balaban J connectivity index is 1.89. The molecule has 2 aromatic carbocycles. The highest BCUT2D eigenvalue weighted by molar-refractivity contribution is 9.10. The van der Waals surface area contributed by atoms with Crippen molar-refractivity contribution in [2.24, 2.45) is 0 Å². The molecular weight excluding hydrogens is 356 g/mol. The average molecular weight is 378 g/mol. The van der Waals surface area contributed by atoms with E-state index in [4.69, 9.17) is 4.74 Å². The molecular formula is C18H22BrN2O2+. The molecule has 0 spiro atoms. The molecule has 23 heavy (non-hydrogen) atoms. The second-order valence-electron chi connectivity index (χ2n) is 5.54. The van der Waals surface area contributed by atoms with Crippen LogP contribution in [-0.2, 0) is 4.79 Å². The minimum Gasteiger partial charge on any atom is -0.496 e. The number of carbonyl (C=O) groups excluding carboxylic acids is 1. The van der Waals surface area contributed by atoms with E-state index in [9.17, 15) is 4.79 Å². The second-order valence-corrected chi connectivity index (χ2v) is 6.39. The van der Waals surface area contributed by atoms with Crippen LogP contribution in [0.15, 0.2) is 46.9 Å². The number of methoxy groups -OCH3 is 1. The van der Waals surface area contributed by atoms with E-state index in [0.717, 1.165) is 27.0 Å². The van der Waals surface area contributed by atoms with Gasteiger partial charge in [-0.15, -0.1) is 0 Å². The van der Waals surface area contributed by atoms with Gasteiger partial charge in [0.1, 0.15) is 11.8 Å². The highest BCUT2D eigenvalue weighted by Gasteiger charge is 2.13. The van der Waals surface area contributed by atoms with E-state index < -0.39 is 0 Å². The van der Waals surface area contributed by atoms with Gasteiger partial charge in [0.15, 0.2) is 6.54 Å². The van der Waals surface area contributed by atoms with E-state index in [1.807, 2.05) is 54.7 Å². The SMILES string of the molecule is COc1ccc([C@@H](C)[NH2+]CC(=O)Nc2cccc(C)c2)cc1Br. The van der Waals surface area contributed by atoms with Gasteiger partial charge in [-0.3, -0.25) is 4.79 Å². The van der Waals surface area contributed by atoms with E-state index >= 15 is 0 Å². The maximum Gasteiger partial charge on any atom is 0.279 e.